The highest BCUT2D eigenvalue weighted by Crippen LogP contribution is 2.15. The van der Waals surface area contributed by atoms with Gasteiger partial charge in [0.2, 0.25) is 5.91 Å². The molecule has 0 radical (unpaired) electrons. The van der Waals surface area contributed by atoms with Crippen LogP contribution in [0, 0.1) is 0 Å². The van der Waals surface area contributed by atoms with E-state index in [-0.39, 0.29) is 5.91 Å². The molecule has 1 aliphatic heterocycles. The van der Waals surface area contributed by atoms with E-state index in [1.165, 1.54) is 0 Å². The molecule has 3 aromatic rings. The topological polar surface area (TPSA) is 84.6 Å². The Bertz CT molecular complexity index is 819. The first kappa shape index (κ1) is 15.6. The molecule has 0 spiro atoms. The lowest BCUT2D eigenvalue weighted by atomic mass is 10.2. The molecule has 0 bridgehead atoms. The minimum Gasteiger partial charge on any atom is -0.365 e. The maximum Gasteiger partial charge on any atom is 0.223 e. The average Bonchev–Trinajstić information content (AvgIpc) is 3.35. The van der Waals surface area contributed by atoms with Gasteiger partial charge in [-0.25, -0.2) is 4.98 Å². The van der Waals surface area contributed by atoms with Crippen molar-refractivity contribution in [2.75, 3.05) is 6.54 Å². The van der Waals surface area contributed by atoms with Gasteiger partial charge in [-0.05, 0) is 25.0 Å². The Morgan fingerprint density at radius 3 is 3.04 bits per heavy atom. The van der Waals surface area contributed by atoms with Crippen molar-refractivity contribution in [2.45, 2.75) is 38.9 Å². The van der Waals surface area contributed by atoms with Crippen LogP contribution >= 0.6 is 0 Å². The molecule has 0 saturated carbocycles. The zero-order valence-electron chi connectivity index (χ0n) is 14.0. The number of H-pyrrole nitrogens is 1. The molecule has 0 fully saturated rings. The molecule has 0 aromatic carbocycles. The third-order valence-corrected chi connectivity index (χ3v) is 4.55. The van der Waals surface area contributed by atoms with Crippen molar-refractivity contribution in [1.82, 2.24) is 34.2 Å². The molecular weight excluding hydrogens is 318 g/mol. The van der Waals surface area contributed by atoms with E-state index in [0.717, 1.165) is 43.3 Å². The first-order valence-electron chi connectivity index (χ1n) is 8.56. The van der Waals surface area contributed by atoms with E-state index in [1.54, 1.807) is 12.5 Å². The number of nitrogens with one attached hydrogen (secondary N) is 1. The van der Waals surface area contributed by atoms with Crippen LogP contribution in [0.3, 0.4) is 0 Å². The summed E-state index contributed by atoms with van der Waals surface area (Å²) in [5.41, 5.74) is 1.09. The second-order valence-corrected chi connectivity index (χ2v) is 6.28. The van der Waals surface area contributed by atoms with Gasteiger partial charge in [0.15, 0.2) is 11.6 Å². The number of amides is 1. The Balaban J connectivity index is 1.42. The Labute approximate surface area is 145 Å². The van der Waals surface area contributed by atoms with Crippen LogP contribution in [0.4, 0.5) is 0 Å². The number of carbonyl (C=O) groups is 1. The van der Waals surface area contributed by atoms with Crippen LogP contribution < -0.4 is 0 Å². The van der Waals surface area contributed by atoms with Crippen LogP contribution in [0.5, 0.6) is 0 Å². The summed E-state index contributed by atoms with van der Waals surface area (Å²) in [5, 5.41) is 8.64. The van der Waals surface area contributed by atoms with Crippen LogP contribution in [-0.4, -0.2) is 46.7 Å². The highest BCUT2D eigenvalue weighted by atomic mass is 16.2. The lowest BCUT2D eigenvalue weighted by Crippen LogP contribution is -2.31. The monoisotopic (exact) mass is 339 g/mol. The summed E-state index contributed by atoms with van der Waals surface area (Å²) >= 11 is 0. The first-order valence-corrected chi connectivity index (χ1v) is 8.56. The number of carbonyl (C=O) groups excluding carboxylic acids is 1. The Morgan fingerprint density at radius 1 is 1.28 bits per heavy atom. The molecule has 8 nitrogen and oxygen atoms in total. The van der Waals surface area contributed by atoms with Crippen molar-refractivity contribution in [3.63, 3.8) is 0 Å². The third kappa shape index (κ3) is 3.47. The maximum atomic E-state index is 12.6. The predicted molar refractivity (Wildman–Crippen MR) is 90.5 cm³/mol. The van der Waals surface area contributed by atoms with Gasteiger partial charge in [-0.1, -0.05) is 0 Å². The molecule has 0 atom stereocenters. The molecule has 8 heteroatoms. The fraction of sp³-hybridized carbons (Fsp3) is 0.412. The fourth-order valence-corrected chi connectivity index (χ4v) is 3.21. The van der Waals surface area contributed by atoms with Crippen molar-refractivity contribution >= 4 is 5.91 Å². The lowest BCUT2D eigenvalue weighted by molar-refractivity contribution is -0.131. The summed E-state index contributed by atoms with van der Waals surface area (Å²) < 4.78 is 4.11. The van der Waals surface area contributed by atoms with E-state index in [9.17, 15) is 4.79 Å². The van der Waals surface area contributed by atoms with Crippen molar-refractivity contribution in [1.29, 1.82) is 0 Å². The molecule has 25 heavy (non-hydrogen) atoms. The van der Waals surface area contributed by atoms with E-state index >= 15 is 0 Å². The highest BCUT2D eigenvalue weighted by molar-refractivity contribution is 5.76. The number of aromatic nitrogens is 6. The molecular formula is C17H21N7O. The molecule has 1 N–H and O–H groups in total. The number of hydrogen-bond acceptors (Lipinski definition) is 4. The highest BCUT2D eigenvalue weighted by Gasteiger charge is 2.22. The Hall–Kier alpha value is -2.90. The van der Waals surface area contributed by atoms with Crippen LogP contribution in [0.2, 0.25) is 0 Å². The van der Waals surface area contributed by atoms with Gasteiger partial charge in [0.1, 0.15) is 0 Å². The minimum absolute atomic E-state index is 0.169. The number of aromatic amines is 1. The van der Waals surface area contributed by atoms with Gasteiger partial charge < -0.3 is 19.0 Å². The SMILES string of the molecule is O=C(CCc1ccc[nH]1)N1CCCn2c(nnc2Cn2ccnc2)C1. The number of hydrogen-bond donors (Lipinski definition) is 1. The van der Waals surface area contributed by atoms with Crippen molar-refractivity contribution in [3.05, 3.63) is 54.4 Å². The molecule has 0 unspecified atom stereocenters. The van der Waals surface area contributed by atoms with E-state index in [1.807, 2.05) is 34.0 Å². The van der Waals surface area contributed by atoms with Crippen molar-refractivity contribution in [2.24, 2.45) is 0 Å². The van der Waals surface area contributed by atoms with Crippen LogP contribution in [0.15, 0.2) is 37.1 Å². The Kier molecular flexibility index (Phi) is 4.32. The molecule has 1 amide bonds. The van der Waals surface area contributed by atoms with E-state index < -0.39 is 0 Å². The predicted octanol–water partition coefficient (Wildman–Crippen LogP) is 1.22. The van der Waals surface area contributed by atoms with Gasteiger partial charge in [-0.3, -0.25) is 4.79 Å². The van der Waals surface area contributed by atoms with Crippen molar-refractivity contribution in [3.8, 4) is 0 Å². The number of nitrogens with zero attached hydrogens (tertiary/aromatic N) is 6. The molecule has 4 heterocycles. The van der Waals surface area contributed by atoms with Gasteiger partial charge in [0, 0.05) is 43.8 Å². The summed E-state index contributed by atoms with van der Waals surface area (Å²) in [6.07, 6.45) is 9.48. The summed E-state index contributed by atoms with van der Waals surface area (Å²) in [4.78, 5) is 21.7. The number of rotatable bonds is 5. The second-order valence-electron chi connectivity index (χ2n) is 6.28. The standard InChI is InChI=1S/C17H21N7O/c25-17(5-4-14-3-1-6-19-14)23-8-2-9-24-15(20-21-16(24)12-23)11-22-10-7-18-13-22/h1,3,6-7,10,13,19H,2,4-5,8-9,11-12H2. The molecule has 0 aliphatic carbocycles. The van der Waals surface area contributed by atoms with E-state index in [2.05, 4.69) is 24.7 Å². The first-order chi connectivity index (χ1) is 12.3. The molecule has 0 saturated heterocycles. The van der Waals surface area contributed by atoms with Crippen LogP contribution in [0.1, 0.15) is 30.2 Å². The smallest absolute Gasteiger partial charge is 0.223 e. The molecule has 3 aromatic heterocycles. The summed E-state index contributed by atoms with van der Waals surface area (Å²) in [6, 6.07) is 3.96. The van der Waals surface area contributed by atoms with Gasteiger partial charge >= 0.3 is 0 Å². The van der Waals surface area contributed by atoms with Gasteiger partial charge in [0.25, 0.3) is 0 Å². The third-order valence-electron chi connectivity index (χ3n) is 4.55. The minimum atomic E-state index is 0.169. The van der Waals surface area contributed by atoms with Crippen LogP contribution in [-0.2, 0) is 30.8 Å². The fourth-order valence-electron chi connectivity index (χ4n) is 3.21. The largest absolute Gasteiger partial charge is 0.365 e. The summed E-state index contributed by atoms with van der Waals surface area (Å²) in [6.45, 7) is 2.78. The number of imidazole rings is 1. The van der Waals surface area contributed by atoms with E-state index in [4.69, 9.17) is 0 Å². The van der Waals surface area contributed by atoms with Gasteiger partial charge in [-0.15, -0.1) is 10.2 Å². The van der Waals surface area contributed by atoms with E-state index in [0.29, 0.717) is 19.5 Å². The zero-order chi connectivity index (χ0) is 17.1. The summed E-state index contributed by atoms with van der Waals surface area (Å²) in [7, 11) is 0. The lowest BCUT2D eigenvalue weighted by Gasteiger charge is -2.19. The quantitative estimate of drug-likeness (QED) is 0.757. The number of fused-ring (bicyclic) bond motifs is 1. The molecule has 130 valence electrons. The average molecular weight is 339 g/mol. The van der Waals surface area contributed by atoms with Crippen LogP contribution in [0.25, 0.3) is 0 Å². The zero-order valence-corrected chi connectivity index (χ0v) is 14.0. The second kappa shape index (κ2) is 6.92. The molecule has 1 aliphatic rings. The summed E-state index contributed by atoms with van der Waals surface area (Å²) in [5.74, 6) is 1.94. The maximum absolute atomic E-state index is 12.6. The number of aryl methyl sites for hydroxylation is 1. The van der Waals surface area contributed by atoms with Gasteiger partial charge in [0.05, 0.1) is 19.4 Å². The normalized spacial score (nSPS) is 14.3. The van der Waals surface area contributed by atoms with Crippen molar-refractivity contribution < 1.29 is 4.79 Å². The Morgan fingerprint density at radius 2 is 2.24 bits per heavy atom. The van der Waals surface area contributed by atoms with Gasteiger partial charge in [-0.2, -0.15) is 0 Å². The molecule has 4 rings (SSSR count).